The molecule has 5 nitrogen and oxygen atoms in total. The van der Waals surface area contributed by atoms with Gasteiger partial charge in [0.25, 0.3) is 0 Å². The van der Waals surface area contributed by atoms with Gasteiger partial charge in [-0.25, -0.2) is 4.79 Å². The van der Waals surface area contributed by atoms with Gasteiger partial charge in [0.15, 0.2) is 0 Å². The molecule has 0 spiro atoms. The second-order valence-corrected chi connectivity index (χ2v) is 1.20. The van der Waals surface area contributed by atoms with Crippen LogP contribution in [0.4, 0.5) is 0 Å². The van der Waals surface area contributed by atoms with Crippen molar-refractivity contribution in [3.63, 3.8) is 0 Å². The Kier molecular flexibility index (Phi) is 20.9. The third kappa shape index (κ3) is 23.4. The molecule has 1 unspecified atom stereocenters. The van der Waals surface area contributed by atoms with E-state index in [1.807, 2.05) is 0 Å². The number of aliphatic carboxylic acids is 1. The van der Waals surface area contributed by atoms with Crippen molar-refractivity contribution in [3.8, 4) is 0 Å². The first kappa shape index (κ1) is 16.9. The number of aliphatic hydroxyl groups excluding tert-OH is 1. The topological polar surface area (TPSA) is 104 Å². The number of carboxylic acids is 1. The molecular weight excluding hydrogens is 174 g/mol. The van der Waals surface area contributed by atoms with Crippen LogP contribution in [-0.2, 0) is 4.79 Å². The second kappa shape index (κ2) is 12.3. The number of carbonyl (C=O) groups is 1. The summed E-state index contributed by atoms with van der Waals surface area (Å²) < 4.78 is 16.5. The molecule has 0 fully saturated rings. The van der Waals surface area contributed by atoms with Crippen LogP contribution in [-0.4, -0.2) is 22.3 Å². The number of rotatable bonds is 1. The van der Waals surface area contributed by atoms with E-state index >= 15 is 0 Å². The van der Waals surface area contributed by atoms with Crippen molar-refractivity contribution in [2.24, 2.45) is 0 Å². The van der Waals surface area contributed by atoms with Gasteiger partial charge in [0.2, 0.25) is 0 Å². The van der Waals surface area contributed by atoms with Crippen LogP contribution in [0, 0.1) is 11.3 Å². The van der Waals surface area contributed by atoms with Crippen LogP contribution in [0.2, 0.25) is 0 Å². The van der Waals surface area contributed by atoms with E-state index in [1.54, 1.807) is 0 Å². The Labute approximate surface area is 84.0 Å². The predicted molar refractivity (Wildman–Crippen MR) is 19.3 cm³/mol. The SMILES string of the molecule is CC(O)C(=O)O.[Na+].[O-][Cl+][O-]. The van der Waals surface area contributed by atoms with Gasteiger partial charge in [-0.3, -0.25) is 0 Å². The average molecular weight is 181 g/mol. The zero-order valence-electron chi connectivity index (χ0n) is 5.57. The number of hydrogen-bond donors (Lipinski definition) is 2. The molecule has 7 heteroatoms. The molecule has 0 amide bonds. The van der Waals surface area contributed by atoms with E-state index in [-0.39, 0.29) is 29.6 Å². The summed E-state index contributed by atoms with van der Waals surface area (Å²) in [6.45, 7) is 1.20. The number of carboxylic acid groups (broad SMARTS) is 1. The zero-order valence-corrected chi connectivity index (χ0v) is 8.33. The van der Waals surface area contributed by atoms with Crippen LogP contribution >= 0.6 is 0 Å². The minimum atomic E-state index is -1.23. The molecule has 2 N–H and O–H groups in total. The van der Waals surface area contributed by atoms with Crippen molar-refractivity contribution >= 4 is 5.97 Å². The van der Waals surface area contributed by atoms with Crippen molar-refractivity contribution in [1.29, 1.82) is 0 Å². The van der Waals surface area contributed by atoms with Crippen LogP contribution in [0.25, 0.3) is 0 Å². The Hall–Kier alpha value is 0.640. The van der Waals surface area contributed by atoms with E-state index in [2.05, 4.69) is 0 Å². The molecule has 0 heterocycles. The van der Waals surface area contributed by atoms with Gasteiger partial charge >= 0.3 is 35.5 Å². The van der Waals surface area contributed by atoms with E-state index in [0.717, 1.165) is 0 Å². The van der Waals surface area contributed by atoms with Crippen molar-refractivity contribution < 1.29 is 65.2 Å². The fourth-order valence-corrected chi connectivity index (χ4v) is 0. The second-order valence-electron chi connectivity index (χ2n) is 1.08. The van der Waals surface area contributed by atoms with Crippen LogP contribution in [0.1, 0.15) is 6.92 Å². The van der Waals surface area contributed by atoms with E-state index < -0.39 is 23.4 Å². The molecule has 10 heavy (non-hydrogen) atoms. The summed E-state index contributed by atoms with van der Waals surface area (Å²) in [6, 6.07) is 0. The van der Waals surface area contributed by atoms with Crippen LogP contribution in [0.3, 0.4) is 0 Å². The molecule has 0 aliphatic carbocycles. The van der Waals surface area contributed by atoms with Gasteiger partial charge in [-0.05, 0) is 6.92 Å². The van der Waals surface area contributed by atoms with Gasteiger partial charge in [-0.15, -0.1) is 0 Å². The molecule has 0 bridgehead atoms. The van der Waals surface area contributed by atoms with Crippen LogP contribution in [0.15, 0.2) is 0 Å². The van der Waals surface area contributed by atoms with Crippen molar-refractivity contribution in [2.45, 2.75) is 13.0 Å². The maximum Gasteiger partial charge on any atom is 1.00 e. The molecule has 0 saturated heterocycles. The molecule has 0 aliphatic heterocycles. The number of halogens is 1. The van der Waals surface area contributed by atoms with E-state index in [0.29, 0.717) is 0 Å². The molecule has 1 atom stereocenters. The quantitative estimate of drug-likeness (QED) is 0.391. The Balaban J connectivity index is -0.000000107. The Bertz CT molecular complexity index is 77.3. The Morgan fingerprint density at radius 2 is 1.70 bits per heavy atom. The molecule has 56 valence electrons. The van der Waals surface area contributed by atoms with Gasteiger partial charge < -0.3 is 19.5 Å². The third-order valence-corrected chi connectivity index (χ3v) is 0.357. The summed E-state index contributed by atoms with van der Waals surface area (Å²) in [4.78, 5) is 9.45. The molecule has 0 aromatic rings. The summed E-state index contributed by atoms with van der Waals surface area (Å²) >= 11 is -0.417. The molecular formula is C3H6ClNaO5. The minimum absolute atomic E-state index is 0. The maximum absolute atomic E-state index is 9.45. The van der Waals surface area contributed by atoms with Crippen molar-refractivity contribution in [2.75, 3.05) is 0 Å². The third-order valence-electron chi connectivity index (χ3n) is 0.357. The standard InChI is InChI=1S/C3H6O3.ClO2.Na/c1-2(4)3(5)6;2-1-3;/h2,4H,1H3,(H,5,6);;/q;-1;+1. The summed E-state index contributed by atoms with van der Waals surface area (Å²) in [5, 5.41) is 15.8. The number of hydrogen-bond acceptors (Lipinski definition) is 4. The minimum Gasteiger partial charge on any atom is -0.544 e. The van der Waals surface area contributed by atoms with E-state index in [9.17, 15) is 4.79 Å². The Morgan fingerprint density at radius 3 is 1.70 bits per heavy atom. The summed E-state index contributed by atoms with van der Waals surface area (Å²) in [5.74, 6) is -1.19. The smallest absolute Gasteiger partial charge is 0.544 e. The molecule has 0 rings (SSSR count). The average Bonchev–Trinajstić information content (AvgIpc) is 1.68. The first-order valence-corrected chi connectivity index (χ1v) is 2.48. The molecule has 0 radical (unpaired) electrons. The van der Waals surface area contributed by atoms with Gasteiger partial charge in [-0.1, -0.05) is 0 Å². The Morgan fingerprint density at radius 1 is 1.60 bits per heavy atom. The molecule has 0 aromatic carbocycles. The molecule has 0 aromatic heterocycles. The molecule has 0 aliphatic rings. The fourth-order valence-electron chi connectivity index (χ4n) is 0. The number of aliphatic hydroxyl groups is 1. The van der Waals surface area contributed by atoms with Gasteiger partial charge in [0.05, 0.1) is 11.3 Å². The first-order valence-electron chi connectivity index (χ1n) is 1.86. The summed E-state index contributed by atoms with van der Waals surface area (Å²) in [7, 11) is 0. The molecule has 0 saturated carbocycles. The van der Waals surface area contributed by atoms with E-state index in [4.69, 9.17) is 19.5 Å². The normalized spacial score (nSPS) is 10.0. The first-order chi connectivity index (χ1) is 4.06. The van der Waals surface area contributed by atoms with Crippen LogP contribution < -0.4 is 38.9 Å². The summed E-state index contributed by atoms with van der Waals surface area (Å²) in [5.41, 5.74) is 0. The van der Waals surface area contributed by atoms with Crippen molar-refractivity contribution in [1.82, 2.24) is 0 Å². The fraction of sp³-hybridized carbons (Fsp3) is 0.667. The van der Waals surface area contributed by atoms with Gasteiger partial charge in [-0.2, -0.15) is 0 Å². The van der Waals surface area contributed by atoms with Gasteiger partial charge in [0.1, 0.15) is 6.10 Å². The maximum atomic E-state index is 9.45. The predicted octanol–water partition coefficient (Wildman–Crippen LogP) is -5.92. The monoisotopic (exact) mass is 180 g/mol. The van der Waals surface area contributed by atoms with Crippen molar-refractivity contribution in [3.05, 3.63) is 0 Å². The van der Waals surface area contributed by atoms with E-state index in [1.165, 1.54) is 6.92 Å². The zero-order chi connectivity index (χ0) is 7.86. The summed E-state index contributed by atoms with van der Waals surface area (Å²) in [6.07, 6.45) is -1.23. The largest absolute Gasteiger partial charge is 1.00 e. The van der Waals surface area contributed by atoms with Crippen LogP contribution in [0.5, 0.6) is 0 Å². The van der Waals surface area contributed by atoms with Gasteiger partial charge in [0, 0.05) is 0 Å².